The van der Waals surface area contributed by atoms with Gasteiger partial charge < -0.3 is 0 Å². The number of ketones is 1. The maximum atomic E-state index is 12.7. The van der Waals surface area contributed by atoms with Gasteiger partial charge in [0.2, 0.25) is 0 Å². The van der Waals surface area contributed by atoms with Crippen molar-refractivity contribution in [2.24, 2.45) is 0 Å². The number of rotatable bonds is 6. The molecule has 0 spiro atoms. The summed E-state index contributed by atoms with van der Waals surface area (Å²) < 4.78 is 2.11. The number of aryl methyl sites for hydroxylation is 2. The highest BCUT2D eigenvalue weighted by atomic mass is 32.2. The molecule has 0 saturated heterocycles. The zero-order valence-corrected chi connectivity index (χ0v) is 15.8. The molecule has 0 radical (unpaired) electrons. The van der Waals surface area contributed by atoms with Gasteiger partial charge in [0.05, 0.1) is 5.75 Å². The van der Waals surface area contributed by atoms with Gasteiger partial charge in [-0.05, 0) is 50.5 Å². The van der Waals surface area contributed by atoms with Crippen molar-refractivity contribution < 1.29 is 4.79 Å². The summed E-state index contributed by atoms with van der Waals surface area (Å²) in [5.41, 5.74) is 3.98. The molecule has 0 N–H and O–H groups in total. The van der Waals surface area contributed by atoms with Crippen LogP contribution in [0.3, 0.4) is 0 Å². The maximum absolute atomic E-state index is 12.7. The van der Waals surface area contributed by atoms with Gasteiger partial charge in [0, 0.05) is 17.2 Å². The van der Waals surface area contributed by atoms with Gasteiger partial charge in [0.15, 0.2) is 10.9 Å². The molecule has 0 amide bonds. The summed E-state index contributed by atoms with van der Waals surface area (Å²) in [6.07, 6.45) is 2.33. The molecule has 4 rings (SSSR count). The van der Waals surface area contributed by atoms with Gasteiger partial charge in [-0.3, -0.25) is 9.36 Å². The fraction of sp³-hybridized carbons (Fsp3) is 0.286. The molecule has 0 bridgehead atoms. The van der Waals surface area contributed by atoms with Crippen LogP contribution in [0.5, 0.6) is 0 Å². The second kappa shape index (κ2) is 7.08. The number of benzene rings is 2. The third-order valence-corrected chi connectivity index (χ3v) is 5.57. The summed E-state index contributed by atoms with van der Waals surface area (Å²) in [7, 11) is 0. The molecular formula is C21H21N3OS. The van der Waals surface area contributed by atoms with Gasteiger partial charge in [-0.1, -0.05) is 47.7 Å². The molecule has 0 aliphatic heterocycles. The molecule has 4 nitrogen and oxygen atoms in total. The molecule has 132 valence electrons. The lowest BCUT2D eigenvalue weighted by molar-refractivity contribution is 0.102. The van der Waals surface area contributed by atoms with Crippen LogP contribution in [-0.2, 0) is 0 Å². The first-order chi connectivity index (χ1) is 12.6. The SMILES string of the molecule is Cc1ccc(C)c(C(=O)CSc2nnc(C3CC3)n2-c2ccccc2)c1. The topological polar surface area (TPSA) is 47.8 Å². The van der Waals surface area contributed by atoms with Crippen molar-refractivity contribution in [3.63, 3.8) is 0 Å². The van der Waals surface area contributed by atoms with Crippen molar-refractivity contribution in [3.05, 3.63) is 71.0 Å². The summed E-state index contributed by atoms with van der Waals surface area (Å²) >= 11 is 1.47. The Morgan fingerprint density at radius 1 is 1.12 bits per heavy atom. The highest BCUT2D eigenvalue weighted by molar-refractivity contribution is 7.99. The molecule has 5 heteroatoms. The molecule has 1 aliphatic carbocycles. The van der Waals surface area contributed by atoms with E-state index in [0.717, 1.165) is 46.2 Å². The second-order valence-electron chi connectivity index (χ2n) is 6.82. The number of hydrogen-bond donors (Lipinski definition) is 0. The Labute approximate surface area is 157 Å². The zero-order chi connectivity index (χ0) is 18.1. The van der Waals surface area contributed by atoms with Crippen molar-refractivity contribution in [1.82, 2.24) is 14.8 Å². The summed E-state index contributed by atoms with van der Waals surface area (Å²) in [4.78, 5) is 12.7. The van der Waals surface area contributed by atoms with E-state index >= 15 is 0 Å². The number of hydrogen-bond acceptors (Lipinski definition) is 4. The molecule has 0 unspecified atom stereocenters. The van der Waals surface area contributed by atoms with E-state index < -0.39 is 0 Å². The molecule has 1 saturated carbocycles. The normalized spacial score (nSPS) is 13.8. The average molecular weight is 363 g/mol. The van der Waals surface area contributed by atoms with Crippen LogP contribution in [0.25, 0.3) is 5.69 Å². The Kier molecular flexibility index (Phi) is 4.64. The van der Waals surface area contributed by atoms with E-state index in [9.17, 15) is 4.79 Å². The summed E-state index contributed by atoms with van der Waals surface area (Å²) in [5.74, 6) is 2.00. The molecule has 1 aromatic heterocycles. The Balaban J connectivity index is 1.59. The first-order valence-electron chi connectivity index (χ1n) is 8.87. The Morgan fingerprint density at radius 2 is 1.88 bits per heavy atom. The van der Waals surface area contributed by atoms with Gasteiger partial charge in [-0.15, -0.1) is 10.2 Å². The Morgan fingerprint density at radius 3 is 2.62 bits per heavy atom. The quantitative estimate of drug-likeness (QED) is 0.469. The van der Waals surface area contributed by atoms with E-state index in [0.29, 0.717) is 11.7 Å². The van der Waals surface area contributed by atoms with Crippen LogP contribution in [0.15, 0.2) is 53.7 Å². The van der Waals surface area contributed by atoms with Gasteiger partial charge >= 0.3 is 0 Å². The third kappa shape index (κ3) is 3.44. The van der Waals surface area contributed by atoms with E-state index in [-0.39, 0.29) is 5.78 Å². The monoisotopic (exact) mass is 363 g/mol. The second-order valence-corrected chi connectivity index (χ2v) is 7.76. The lowest BCUT2D eigenvalue weighted by atomic mass is 10.0. The minimum absolute atomic E-state index is 0.131. The molecule has 2 aromatic carbocycles. The molecule has 26 heavy (non-hydrogen) atoms. The highest BCUT2D eigenvalue weighted by Crippen LogP contribution is 2.41. The minimum atomic E-state index is 0.131. The zero-order valence-electron chi connectivity index (χ0n) is 15.0. The largest absolute Gasteiger partial charge is 0.293 e. The van der Waals surface area contributed by atoms with Crippen LogP contribution in [0.1, 0.15) is 46.1 Å². The minimum Gasteiger partial charge on any atom is -0.293 e. The van der Waals surface area contributed by atoms with Gasteiger partial charge in [-0.2, -0.15) is 0 Å². The maximum Gasteiger partial charge on any atom is 0.196 e. The number of carbonyl (C=O) groups is 1. The number of para-hydroxylation sites is 1. The standard InChI is InChI=1S/C21H21N3OS/c1-14-8-9-15(2)18(12-14)19(25)13-26-21-23-22-20(16-10-11-16)24(21)17-6-4-3-5-7-17/h3-9,12,16H,10-11,13H2,1-2H3. The summed E-state index contributed by atoms with van der Waals surface area (Å²) in [6.45, 7) is 3.99. The van der Waals surface area contributed by atoms with Crippen molar-refractivity contribution in [1.29, 1.82) is 0 Å². The fourth-order valence-electron chi connectivity index (χ4n) is 3.04. The molecule has 3 aromatic rings. The van der Waals surface area contributed by atoms with Crippen molar-refractivity contribution >= 4 is 17.5 Å². The van der Waals surface area contributed by atoms with Crippen LogP contribution in [-0.4, -0.2) is 26.3 Å². The lowest BCUT2D eigenvalue weighted by Gasteiger charge is -2.10. The van der Waals surface area contributed by atoms with Crippen molar-refractivity contribution in [3.8, 4) is 5.69 Å². The van der Waals surface area contributed by atoms with Crippen LogP contribution < -0.4 is 0 Å². The van der Waals surface area contributed by atoms with Gasteiger partial charge in [-0.25, -0.2) is 0 Å². The molecule has 1 heterocycles. The number of thioether (sulfide) groups is 1. The molecule has 1 aliphatic rings. The number of carbonyl (C=O) groups excluding carboxylic acids is 1. The highest BCUT2D eigenvalue weighted by Gasteiger charge is 2.31. The van der Waals surface area contributed by atoms with E-state index in [1.54, 1.807) is 0 Å². The fourth-order valence-corrected chi connectivity index (χ4v) is 3.89. The Bertz CT molecular complexity index is 945. The third-order valence-electron chi connectivity index (χ3n) is 4.64. The smallest absolute Gasteiger partial charge is 0.196 e. The predicted molar refractivity (Wildman–Crippen MR) is 104 cm³/mol. The van der Waals surface area contributed by atoms with E-state index in [4.69, 9.17) is 0 Å². The van der Waals surface area contributed by atoms with Crippen LogP contribution in [0, 0.1) is 13.8 Å². The van der Waals surface area contributed by atoms with Gasteiger partial charge in [0.1, 0.15) is 5.82 Å². The van der Waals surface area contributed by atoms with Gasteiger partial charge in [0.25, 0.3) is 0 Å². The number of nitrogens with zero attached hydrogens (tertiary/aromatic N) is 3. The Hall–Kier alpha value is -2.40. The average Bonchev–Trinajstić information content (AvgIpc) is 3.42. The summed E-state index contributed by atoms with van der Waals surface area (Å²) in [6, 6.07) is 16.2. The predicted octanol–water partition coefficient (Wildman–Crippen LogP) is 4.74. The molecule has 1 fully saturated rings. The van der Waals surface area contributed by atoms with Crippen LogP contribution >= 0.6 is 11.8 Å². The number of Topliss-reactive ketones (excluding diaryl/α,β-unsaturated/α-hetero) is 1. The van der Waals surface area contributed by atoms with E-state index in [1.807, 2.05) is 50.2 Å². The van der Waals surface area contributed by atoms with Crippen molar-refractivity contribution in [2.45, 2.75) is 37.8 Å². The van der Waals surface area contributed by atoms with E-state index in [1.165, 1.54) is 11.8 Å². The first kappa shape index (κ1) is 17.0. The summed E-state index contributed by atoms with van der Waals surface area (Å²) in [5, 5.41) is 9.59. The van der Waals surface area contributed by atoms with E-state index in [2.05, 4.69) is 26.9 Å². The first-order valence-corrected chi connectivity index (χ1v) is 9.86. The van der Waals surface area contributed by atoms with Crippen LogP contribution in [0.2, 0.25) is 0 Å². The molecule has 0 atom stereocenters. The van der Waals surface area contributed by atoms with Crippen LogP contribution in [0.4, 0.5) is 0 Å². The molecular weight excluding hydrogens is 342 g/mol. The lowest BCUT2D eigenvalue weighted by Crippen LogP contribution is -2.07. The number of aromatic nitrogens is 3. The van der Waals surface area contributed by atoms with Crippen molar-refractivity contribution in [2.75, 3.05) is 5.75 Å².